The molecule has 2 amide bonds. The van der Waals surface area contributed by atoms with Crippen molar-refractivity contribution in [1.82, 2.24) is 0 Å². The highest BCUT2D eigenvalue weighted by atomic mass is 35.5. The molecule has 0 saturated carbocycles. The van der Waals surface area contributed by atoms with Crippen molar-refractivity contribution in [2.45, 2.75) is 13.1 Å². The fourth-order valence-electron chi connectivity index (χ4n) is 1.88. The van der Waals surface area contributed by atoms with Crippen LogP contribution in [-0.2, 0) is 15.8 Å². The Balaban J connectivity index is 2.10. The number of hydrogen-bond acceptors (Lipinski definition) is 2. The molecule has 0 fully saturated rings. The molecule has 0 bridgehead atoms. The van der Waals surface area contributed by atoms with Crippen molar-refractivity contribution in [3.63, 3.8) is 0 Å². The summed E-state index contributed by atoms with van der Waals surface area (Å²) in [6.45, 7) is 1.66. The van der Waals surface area contributed by atoms with Crippen LogP contribution in [0.15, 0.2) is 42.5 Å². The average molecular weight is 357 g/mol. The Kier molecular flexibility index (Phi) is 5.14. The molecule has 0 aromatic heterocycles. The first-order valence-corrected chi connectivity index (χ1v) is 7.11. The van der Waals surface area contributed by atoms with Crippen LogP contribution in [0.1, 0.15) is 11.1 Å². The second-order valence-corrected chi connectivity index (χ2v) is 5.31. The number of hydrogen-bond donors (Lipinski definition) is 2. The lowest BCUT2D eigenvalue weighted by atomic mass is 10.2. The predicted molar refractivity (Wildman–Crippen MR) is 84.9 cm³/mol. The van der Waals surface area contributed by atoms with Gasteiger partial charge in [-0.1, -0.05) is 23.7 Å². The Morgan fingerprint density at radius 1 is 1.00 bits per heavy atom. The zero-order chi connectivity index (χ0) is 17.9. The molecule has 0 aliphatic rings. The molecule has 2 rings (SSSR count). The summed E-state index contributed by atoms with van der Waals surface area (Å²) in [5.41, 5.74) is -0.148. The Bertz CT molecular complexity index is 791. The Hall–Kier alpha value is -2.54. The highest BCUT2D eigenvalue weighted by Crippen LogP contribution is 2.30. The summed E-state index contributed by atoms with van der Waals surface area (Å²) in [7, 11) is 0. The molecule has 126 valence electrons. The van der Waals surface area contributed by atoms with E-state index in [0.29, 0.717) is 16.3 Å². The minimum atomic E-state index is -4.54. The molecule has 0 radical (unpaired) electrons. The minimum absolute atomic E-state index is 0.132. The van der Waals surface area contributed by atoms with Crippen LogP contribution in [0.5, 0.6) is 0 Å². The van der Waals surface area contributed by atoms with Gasteiger partial charge in [-0.05, 0) is 42.8 Å². The summed E-state index contributed by atoms with van der Waals surface area (Å²) in [6, 6.07) is 8.77. The van der Waals surface area contributed by atoms with Crippen LogP contribution in [-0.4, -0.2) is 11.8 Å². The standard InChI is InChI=1S/C16H12ClF3N2O2/c1-9-12(17)6-3-7-13(9)22-15(24)14(23)21-11-5-2-4-10(8-11)16(18,19)20/h2-8H,1H3,(H,21,23)(H,22,24). The molecule has 0 unspecified atom stereocenters. The molecule has 2 aromatic carbocycles. The van der Waals surface area contributed by atoms with Gasteiger partial charge in [0.15, 0.2) is 0 Å². The van der Waals surface area contributed by atoms with E-state index < -0.39 is 23.6 Å². The lowest BCUT2D eigenvalue weighted by molar-refractivity contribution is -0.137. The number of benzene rings is 2. The number of halogens is 4. The van der Waals surface area contributed by atoms with Gasteiger partial charge in [-0.2, -0.15) is 13.2 Å². The second kappa shape index (κ2) is 6.92. The largest absolute Gasteiger partial charge is 0.416 e. The van der Waals surface area contributed by atoms with Crippen molar-refractivity contribution in [2.24, 2.45) is 0 Å². The summed E-state index contributed by atoms with van der Waals surface area (Å²) in [5.74, 6) is -2.11. The van der Waals surface area contributed by atoms with E-state index in [-0.39, 0.29) is 5.69 Å². The molecule has 0 aliphatic carbocycles. The monoisotopic (exact) mass is 356 g/mol. The quantitative estimate of drug-likeness (QED) is 0.790. The SMILES string of the molecule is Cc1c(Cl)cccc1NC(=O)C(=O)Nc1cccc(C(F)(F)F)c1. The van der Waals surface area contributed by atoms with Crippen LogP contribution in [0.3, 0.4) is 0 Å². The van der Waals surface area contributed by atoms with E-state index >= 15 is 0 Å². The van der Waals surface area contributed by atoms with Crippen LogP contribution in [0.25, 0.3) is 0 Å². The normalized spacial score (nSPS) is 11.0. The fourth-order valence-corrected chi connectivity index (χ4v) is 2.06. The van der Waals surface area contributed by atoms with E-state index in [1.807, 2.05) is 0 Å². The predicted octanol–water partition coefficient (Wildman–Crippen LogP) is 4.24. The van der Waals surface area contributed by atoms with Gasteiger partial charge in [0, 0.05) is 16.4 Å². The molecule has 2 aromatic rings. The summed E-state index contributed by atoms with van der Waals surface area (Å²) < 4.78 is 37.9. The highest BCUT2D eigenvalue weighted by molar-refractivity contribution is 6.44. The Labute approximate surface area is 140 Å². The lowest BCUT2D eigenvalue weighted by Crippen LogP contribution is -2.29. The van der Waals surface area contributed by atoms with Gasteiger partial charge in [-0.15, -0.1) is 0 Å². The van der Waals surface area contributed by atoms with Crippen molar-refractivity contribution in [1.29, 1.82) is 0 Å². The van der Waals surface area contributed by atoms with Crippen molar-refractivity contribution < 1.29 is 22.8 Å². The summed E-state index contributed by atoms with van der Waals surface area (Å²) >= 11 is 5.91. The van der Waals surface area contributed by atoms with Gasteiger partial charge in [0.1, 0.15) is 0 Å². The van der Waals surface area contributed by atoms with Gasteiger partial charge < -0.3 is 10.6 Å². The summed E-state index contributed by atoms with van der Waals surface area (Å²) in [5, 5.41) is 4.89. The molecule has 0 atom stereocenters. The number of alkyl halides is 3. The van der Waals surface area contributed by atoms with Crippen LogP contribution in [0.4, 0.5) is 24.5 Å². The number of amides is 2. The third-order valence-corrected chi connectivity index (χ3v) is 3.58. The van der Waals surface area contributed by atoms with Crippen molar-refractivity contribution >= 4 is 34.8 Å². The van der Waals surface area contributed by atoms with Gasteiger partial charge in [-0.25, -0.2) is 0 Å². The first-order chi connectivity index (χ1) is 11.2. The van der Waals surface area contributed by atoms with E-state index in [2.05, 4.69) is 10.6 Å². The highest BCUT2D eigenvalue weighted by Gasteiger charge is 2.30. The van der Waals surface area contributed by atoms with E-state index in [1.54, 1.807) is 25.1 Å². The molecule has 8 heteroatoms. The van der Waals surface area contributed by atoms with Gasteiger partial charge in [-0.3, -0.25) is 9.59 Å². The van der Waals surface area contributed by atoms with Gasteiger partial charge in [0.25, 0.3) is 0 Å². The molecule has 4 nitrogen and oxygen atoms in total. The van der Waals surface area contributed by atoms with E-state index in [9.17, 15) is 22.8 Å². The molecule has 24 heavy (non-hydrogen) atoms. The summed E-state index contributed by atoms with van der Waals surface area (Å²) in [6.07, 6.45) is -4.54. The van der Waals surface area contributed by atoms with Gasteiger partial charge >= 0.3 is 18.0 Å². The number of carbonyl (C=O) groups excluding carboxylic acids is 2. The summed E-state index contributed by atoms with van der Waals surface area (Å²) in [4.78, 5) is 23.7. The molecule has 0 spiro atoms. The van der Waals surface area contributed by atoms with Crippen LogP contribution < -0.4 is 10.6 Å². The van der Waals surface area contributed by atoms with E-state index in [0.717, 1.165) is 18.2 Å². The molecule has 0 saturated heterocycles. The van der Waals surface area contributed by atoms with E-state index in [1.165, 1.54) is 6.07 Å². The molecular formula is C16H12ClF3N2O2. The molecule has 2 N–H and O–H groups in total. The maximum atomic E-state index is 12.6. The van der Waals surface area contributed by atoms with Crippen LogP contribution in [0.2, 0.25) is 5.02 Å². The lowest BCUT2D eigenvalue weighted by Gasteiger charge is -2.11. The van der Waals surface area contributed by atoms with Crippen molar-refractivity contribution in [2.75, 3.05) is 10.6 Å². The Morgan fingerprint density at radius 2 is 1.62 bits per heavy atom. The number of rotatable bonds is 2. The number of anilines is 2. The van der Waals surface area contributed by atoms with Crippen LogP contribution in [0, 0.1) is 6.92 Å². The fraction of sp³-hybridized carbons (Fsp3) is 0.125. The van der Waals surface area contributed by atoms with E-state index in [4.69, 9.17) is 11.6 Å². The molecule has 0 aliphatic heterocycles. The van der Waals surface area contributed by atoms with Gasteiger partial charge in [0.2, 0.25) is 0 Å². The number of carbonyl (C=O) groups is 2. The van der Waals surface area contributed by atoms with Gasteiger partial charge in [0.05, 0.1) is 5.56 Å². The molecule has 0 heterocycles. The first-order valence-electron chi connectivity index (χ1n) is 6.73. The number of nitrogens with one attached hydrogen (secondary N) is 2. The second-order valence-electron chi connectivity index (χ2n) is 4.90. The average Bonchev–Trinajstić information content (AvgIpc) is 2.51. The van der Waals surface area contributed by atoms with Crippen molar-refractivity contribution in [3.8, 4) is 0 Å². The van der Waals surface area contributed by atoms with Crippen molar-refractivity contribution in [3.05, 3.63) is 58.6 Å². The topological polar surface area (TPSA) is 58.2 Å². The first kappa shape index (κ1) is 17.8. The van der Waals surface area contributed by atoms with Crippen LogP contribution >= 0.6 is 11.6 Å². The minimum Gasteiger partial charge on any atom is -0.318 e. The third kappa shape index (κ3) is 4.26. The smallest absolute Gasteiger partial charge is 0.318 e. The maximum absolute atomic E-state index is 12.6. The third-order valence-electron chi connectivity index (χ3n) is 3.17. The maximum Gasteiger partial charge on any atom is 0.416 e. The molecular weight excluding hydrogens is 345 g/mol. The Morgan fingerprint density at radius 3 is 2.29 bits per heavy atom. The zero-order valence-electron chi connectivity index (χ0n) is 12.4. The zero-order valence-corrected chi connectivity index (χ0v) is 13.1.